The summed E-state index contributed by atoms with van der Waals surface area (Å²) < 4.78 is 17.2. The van der Waals surface area contributed by atoms with Crippen molar-refractivity contribution in [2.45, 2.75) is 78.2 Å². The summed E-state index contributed by atoms with van der Waals surface area (Å²) in [4.78, 5) is 0. The van der Waals surface area contributed by atoms with Crippen LogP contribution in [0.3, 0.4) is 0 Å². The van der Waals surface area contributed by atoms with Gasteiger partial charge in [0.05, 0.1) is 26.4 Å². The molecule has 9 heteroatoms. The number of aliphatic hydroxyl groups is 4. The van der Waals surface area contributed by atoms with Gasteiger partial charge >= 0.3 is 0 Å². The molecule has 0 aromatic rings. The molecule has 0 heterocycles. The Morgan fingerprint density at radius 1 is 0.704 bits per heavy atom. The van der Waals surface area contributed by atoms with E-state index in [1.165, 1.54) is 0 Å². The smallest absolute Gasteiger partial charge is 0.173 e. The number of aliphatic hydroxyl groups excluding tert-OH is 4. The van der Waals surface area contributed by atoms with Gasteiger partial charge in [0, 0.05) is 13.2 Å². The predicted molar refractivity (Wildman–Crippen MR) is 116 cm³/mol. The topological polar surface area (TPSA) is 109 Å². The Labute approximate surface area is 168 Å². The summed E-state index contributed by atoms with van der Waals surface area (Å²) in [5, 5.41) is 35.9. The van der Waals surface area contributed by atoms with Gasteiger partial charge in [-0.2, -0.15) is 0 Å². The molecule has 0 rings (SSSR count). The fourth-order valence-electron chi connectivity index (χ4n) is 2.59. The standard InChI is InChI=1S/C16H38O7Si2.2CH4/c1-24(2,9-5-7-21-13-15(19)11-17)23-25(3,4)10-6-8-22-14-16(20)12-18;;/h15-20H,5-14H2,1-4H3;2*1H4. The van der Waals surface area contributed by atoms with E-state index in [4.69, 9.17) is 23.8 Å². The van der Waals surface area contributed by atoms with Crippen molar-refractivity contribution in [1.29, 1.82) is 0 Å². The first-order valence-electron chi connectivity index (χ1n) is 9.05. The third-order valence-electron chi connectivity index (χ3n) is 3.73. The van der Waals surface area contributed by atoms with Gasteiger partial charge in [-0.25, -0.2) is 0 Å². The maximum absolute atomic E-state index is 9.21. The van der Waals surface area contributed by atoms with Gasteiger partial charge in [-0.3, -0.25) is 0 Å². The minimum Gasteiger partial charge on any atom is -0.455 e. The Morgan fingerprint density at radius 3 is 1.33 bits per heavy atom. The van der Waals surface area contributed by atoms with Crippen LogP contribution < -0.4 is 0 Å². The lowest BCUT2D eigenvalue weighted by Crippen LogP contribution is -2.44. The zero-order chi connectivity index (χ0) is 19.3. The molecule has 4 N–H and O–H groups in total. The van der Waals surface area contributed by atoms with Crippen LogP contribution in [0.1, 0.15) is 27.7 Å². The van der Waals surface area contributed by atoms with Gasteiger partial charge in [-0.15, -0.1) is 0 Å². The molecule has 0 aliphatic heterocycles. The Kier molecular flexibility index (Phi) is 20.1. The molecule has 0 spiro atoms. The maximum atomic E-state index is 9.21. The predicted octanol–water partition coefficient (Wildman–Crippen LogP) is 2.21. The van der Waals surface area contributed by atoms with E-state index in [-0.39, 0.29) is 41.3 Å². The van der Waals surface area contributed by atoms with Crippen molar-refractivity contribution >= 4 is 16.6 Å². The first-order chi connectivity index (χ1) is 11.6. The van der Waals surface area contributed by atoms with E-state index in [0.717, 1.165) is 24.9 Å². The summed E-state index contributed by atoms with van der Waals surface area (Å²) in [6, 6.07) is 2.00. The normalized spacial score (nSPS) is 14.2. The fraction of sp³-hybridized carbons (Fsp3) is 1.00. The lowest BCUT2D eigenvalue weighted by atomic mass is 10.4. The summed E-state index contributed by atoms with van der Waals surface area (Å²) in [6.07, 6.45) is 0.190. The first kappa shape index (κ1) is 31.8. The van der Waals surface area contributed by atoms with Gasteiger partial charge in [0.2, 0.25) is 0 Å². The van der Waals surface area contributed by atoms with Crippen LogP contribution in [-0.2, 0) is 13.6 Å². The van der Waals surface area contributed by atoms with Crippen LogP contribution in [0.4, 0.5) is 0 Å². The zero-order valence-corrected chi connectivity index (χ0v) is 18.2. The van der Waals surface area contributed by atoms with E-state index in [0.29, 0.717) is 13.2 Å². The van der Waals surface area contributed by atoms with Crippen molar-refractivity contribution in [3.63, 3.8) is 0 Å². The molecule has 0 aliphatic carbocycles. The minimum absolute atomic E-state index is 0. The van der Waals surface area contributed by atoms with Crippen LogP contribution in [0, 0.1) is 0 Å². The monoisotopic (exact) mass is 430 g/mol. The van der Waals surface area contributed by atoms with E-state index < -0.39 is 28.8 Å². The maximum Gasteiger partial charge on any atom is 0.173 e. The Balaban J connectivity index is -0.00000288. The average Bonchev–Trinajstić information content (AvgIpc) is 2.52. The molecule has 0 saturated heterocycles. The zero-order valence-electron chi connectivity index (χ0n) is 16.2. The second-order valence-corrected chi connectivity index (χ2v) is 16.5. The van der Waals surface area contributed by atoms with Gasteiger partial charge in [-0.1, -0.05) is 14.9 Å². The Hall–Kier alpha value is 0.154. The van der Waals surface area contributed by atoms with Crippen LogP contribution in [0.25, 0.3) is 0 Å². The van der Waals surface area contributed by atoms with E-state index in [1.54, 1.807) is 0 Å². The second kappa shape index (κ2) is 17.0. The van der Waals surface area contributed by atoms with Gasteiger partial charge < -0.3 is 34.0 Å². The Morgan fingerprint density at radius 2 is 1.04 bits per heavy atom. The Bertz CT molecular complexity index is 301. The van der Waals surface area contributed by atoms with Crippen molar-refractivity contribution in [2.24, 2.45) is 0 Å². The van der Waals surface area contributed by atoms with Crippen LogP contribution in [-0.4, -0.2) is 88.9 Å². The molecule has 0 radical (unpaired) electrons. The summed E-state index contributed by atoms with van der Waals surface area (Å²) in [5.74, 6) is 0. The van der Waals surface area contributed by atoms with Crippen molar-refractivity contribution in [2.75, 3.05) is 39.6 Å². The van der Waals surface area contributed by atoms with E-state index in [1.807, 2.05) is 0 Å². The molecule has 7 nitrogen and oxygen atoms in total. The highest BCUT2D eigenvalue weighted by atomic mass is 28.4. The molecule has 27 heavy (non-hydrogen) atoms. The molecule has 2 atom stereocenters. The minimum atomic E-state index is -1.76. The molecule has 0 amide bonds. The van der Waals surface area contributed by atoms with E-state index in [9.17, 15) is 10.2 Å². The van der Waals surface area contributed by atoms with Crippen molar-refractivity contribution < 1.29 is 34.0 Å². The largest absolute Gasteiger partial charge is 0.455 e. The third-order valence-corrected chi connectivity index (χ3v) is 11.3. The molecule has 2 unspecified atom stereocenters. The van der Waals surface area contributed by atoms with Crippen molar-refractivity contribution in [1.82, 2.24) is 0 Å². The quantitative estimate of drug-likeness (QED) is 0.219. The molecule has 0 aromatic heterocycles. The molecule has 0 aliphatic rings. The number of ether oxygens (including phenoxy) is 2. The fourth-order valence-corrected chi connectivity index (χ4v) is 11.4. The molecular weight excluding hydrogens is 384 g/mol. The van der Waals surface area contributed by atoms with Crippen LogP contribution in [0.2, 0.25) is 38.3 Å². The molecular formula is C18H46O7Si2. The van der Waals surface area contributed by atoms with E-state index >= 15 is 0 Å². The van der Waals surface area contributed by atoms with Gasteiger partial charge in [0.15, 0.2) is 16.6 Å². The van der Waals surface area contributed by atoms with Gasteiger partial charge in [0.25, 0.3) is 0 Å². The second-order valence-electron chi connectivity index (χ2n) is 7.65. The highest BCUT2D eigenvalue weighted by Gasteiger charge is 2.32. The molecule has 0 saturated carbocycles. The first-order valence-corrected chi connectivity index (χ1v) is 15.3. The number of hydrogen-bond donors (Lipinski definition) is 4. The van der Waals surface area contributed by atoms with Crippen molar-refractivity contribution in [3.05, 3.63) is 0 Å². The summed E-state index contributed by atoms with van der Waals surface area (Å²) in [6.45, 7) is 9.82. The average molecular weight is 431 g/mol. The van der Waals surface area contributed by atoms with Crippen LogP contribution >= 0.6 is 0 Å². The summed E-state index contributed by atoms with van der Waals surface area (Å²) in [7, 11) is -3.52. The molecule has 0 aromatic carbocycles. The highest BCUT2D eigenvalue weighted by molar-refractivity contribution is 6.84. The SMILES string of the molecule is C.C.C[Si](C)(CCCOCC(O)CO)O[Si](C)(C)CCCOCC(O)CO. The van der Waals surface area contributed by atoms with Crippen molar-refractivity contribution in [3.8, 4) is 0 Å². The van der Waals surface area contributed by atoms with E-state index in [2.05, 4.69) is 26.2 Å². The lowest BCUT2D eigenvalue weighted by molar-refractivity contribution is 0.00627. The third kappa shape index (κ3) is 19.3. The van der Waals surface area contributed by atoms with Crippen LogP contribution in [0.15, 0.2) is 0 Å². The molecule has 0 bridgehead atoms. The number of rotatable bonds is 16. The molecule has 0 fully saturated rings. The van der Waals surface area contributed by atoms with Gasteiger partial charge in [-0.05, 0) is 51.1 Å². The van der Waals surface area contributed by atoms with Crippen LogP contribution in [0.5, 0.6) is 0 Å². The lowest BCUT2D eigenvalue weighted by Gasteiger charge is -2.34. The highest BCUT2D eigenvalue weighted by Crippen LogP contribution is 2.23. The van der Waals surface area contributed by atoms with Gasteiger partial charge in [0.1, 0.15) is 12.2 Å². The number of hydrogen-bond acceptors (Lipinski definition) is 7. The summed E-state index contributed by atoms with van der Waals surface area (Å²) >= 11 is 0. The summed E-state index contributed by atoms with van der Waals surface area (Å²) in [5.41, 5.74) is 0. The molecule has 168 valence electrons.